The maximum absolute atomic E-state index is 14.9. The van der Waals surface area contributed by atoms with E-state index in [4.69, 9.17) is 30.4 Å². The second kappa shape index (κ2) is 24.4. The fourth-order valence-electron chi connectivity index (χ4n) is 6.62. The number of alkyl halides is 6. The van der Waals surface area contributed by atoms with Crippen LogP contribution in [0.1, 0.15) is 83.4 Å². The predicted octanol–water partition coefficient (Wildman–Crippen LogP) is 12.1. The molecule has 0 saturated carbocycles. The minimum Gasteiger partial charge on any atom is -0.462 e. The Balaban J connectivity index is 1.11. The summed E-state index contributed by atoms with van der Waals surface area (Å²) in [5.74, 6) is -2.37. The van der Waals surface area contributed by atoms with E-state index < -0.39 is 30.1 Å². The number of nitrogen functional groups attached to an aromatic ring is 2. The number of carbonyl (C=O) groups is 2. The van der Waals surface area contributed by atoms with Gasteiger partial charge in [-0.15, -0.1) is 0 Å². The van der Waals surface area contributed by atoms with Gasteiger partial charge in [0.05, 0.1) is 30.4 Å². The number of halogens is 6. The number of hydrogen-bond donors (Lipinski definition) is 2. The molecule has 0 amide bonds. The van der Waals surface area contributed by atoms with E-state index >= 15 is 0 Å². The number of unbranched alkanes of at least 4 members (excludes halogenated alkanes) is 4. The van der Waals surface area contributed by atoms with Crippen LogP contribution in [0.5, 0.6) is 11.5 Å². The normalized spacial score (nSPS) is 11.9. The molecule has 4 N–H and O–H groups in total. The van der Waals surface area contributed by atoms with Gasteiger partial charge in [0.1, 0.15) is 24.7 Å². The number of anilines is 2. The smallest absolute Gasteiger partial charge is 0.426 e. The van der Waals surface area contributed by atoms with Gasteiger partial charge in [0.25, 0.3) is 0 Å². The Hall–Kier alpha value is -6.70. The second-order valence-corrected chi connectivity index (χ2v) is 15.3. The van der Waals surface area contributed by atoms with Crippen molar-refractivity contribution in [3.63, 3.8) is 0 Å². The highest BCUT2D eigenvalue weighted by Crippen LogP contribution is 2.34. The number of carbonyl (C=O) groups excluding carboxylic acids is 2. The number of ether oxygens (including phenoxy) is 4. The molecule has 0 unspecified atom stereocenters. The highest BCUT2D eigenvalue weighted by Gasteiger charge is 2.35. The summed E-state index contributed by atoms with van der Waals surface area (Å²) < 4.78 is 105. The number of esters is 2. The second-order valence-electron chi connectivity index (χ2n) is 15.3. The van der Waals surface area contributed by atoms with Crippen LogP contribution in [0.25, 0.3) is 12.2 Å². The van der Waals surface area contributed by atoms with Crippen LogP contribution in [0.15, 0.2) is 127 Å². The first-order chi connectivity index (χ1) is 31.2. The molecule has 5 rings (SSSR count). The van der Waals surface area contributed by atoms with Crippen LogP contribution in [0.2, 0.25) is 0 Å². The van der Waals surface area contributed by atoms with Crippen molar-refractivity contribution in [3.05, 3.63) is 166 Å². The highest BCUT2D eigenvalue weighted by molar-refractivity contribution is 5.87. The number of benzene rings is 5. The third-order valence-electron chi connectivity index (χ3n) is 10.3. The highest BCUT2D eigenvalue weighted by atomic mass is 19.3. The van der Waals surface area contributed by atoms with Gasteiger partial charge in [-0.3, -0.25) is 8.78 Å². The molecule has 0 fully saturated rings. The van der Waals surface area contributed by atoms with Gasteiger partial charge in [-0.05, 0) is 139 Å². The van der Waals surface area contributed by atoms with E-state index in [0.29, 0.717) is 48.1 Å². The van der Waals surface area contributed by atoms with Crippen molar-refractivity contribution >= 4 is 35.5 Å². The summed E-state index contributed by atoms with van der Waals surface area (Å²) in [5.41, 5.74) is 15.4. The first-order valence-corrected chi connectivity index (χ1v) is 21.2. The average molecular weight is 903 g/mol. The number of nitrogens with two attached hydrogens (primary N) is 2. The van der Waals surface area contributed by atoms with Gasteiger partial charge in [0.15, 0.2) is 0 Å². The molecule has 0 aromatic heterocycles. The third kappa shape index (κ3) is 16.1. The molecular formula is C51H52F6N2O6. The summed E-state index contributed by atoms with van der Waals surface area (Å²) in [7, 11) is 0. The van der Waals surface area contributed by atoms with E-state index in [1.165, 1.54) is 91.0 Å². The Morgan fingerprint density at radius 3 is 1.34 bits per heavy atom. The van der Waals surface area contributed by atoms with Gasteiger partial charge < -0.3 is 30.4 Å². The van der Waals surface area contributed by atoms with Crippen LogP contribution < -0.4 is 20.9 Å². The fourth-order valence-corrected chi connectivity index (χ4v) is 6.62. The maximum Gasteiger partial charge on any atom is 0.426 e. The molecule has 8 nitrogen and oxygen atoms in total. The zero-order valence-corrected chi connectivity index (χ0v) is 35.7. The summed E-state index contributed by atoms with van der Waals surface area (Å²) in [6.45, 7) is -1.23. The predicted molar refractivity (Wildman–Crippen MR) is 240 cm³/mol. The zero-order chi connectivity index (χ0) is 46.7. The van der Waals surface area contributed by atoms with Crippen LogP contribution in [-0.4, -0.2) is 38.5 Å². The summed E-state index contributed by atoms with van der Waals surface area (Å²) in [5, 5.41) is 0. The van der Waals surface area contributed by atoms with Crippen molar-refractivity contribution in [1.82, 2.24) is 0 Å². The van der Waals surface area contributed by atoms with Crippen molar-refractivity contribution < 1.29 is 54.9 Å². The van der Waals surface area contributed by atoms with Gasteiger partial charge in [0.2, 0.25) is 0 Å². The Morgan fingerprint density at radius 1 is 0.538 bits per heavy atom. The Labute approximate surface area is 374 Å². The Kier molecular flexibility index (Phi) is 18.5. The van der Waals surface area contributed by atoms with Crippen molar-refractivity contribution in [2.75, 3.05) is 38.0 Å². The molecule has 0 aliphatic rings. The molecule has 0 bridgehead atoms. The molecule has 0 saturated heterocycles. The molecular weight excluding hydrogens is 851 g/mol. The Morgan fingerprint density at radius 2 is 0.954 bits per heavy atom. The quantitative estimate of drug-likeness (QED) is 0.0195. The zero-order valence-electron chi connectivity index (χ0n) is 35.7. The lowest BCUT2D eigenvalue weighted by molar-refractivity contribution is -0.186. The molecule has 0 aliphatic heterocycles. The monoisotopic (exact) mass is 902 g/mol. The van der Waals surface area contributed by atoms with Crippen molar-refractivity contribution in [2.45, 2.75) is 69.5 Å². The van der Waals surface area contributed by atoms with Crippen molar-refractivity contribution in [3.8, 4) is 11.5 Å². The molecule has 0 radical (unpaired) electrons. The average Bonchev–Trinajstić information content (AvgIpc) is 3.29. The lowest BCUT2D eigenvalue weighted by atomic mass is 9.98. The van der Waals surface area contributed by atoms with Crippen molar-refractivity contribution in [1.29, 1.82) is 0 Å². The summed E-state index contributed by atoms with van der Waals surface area (Å²) >= 11 is 0. The first kappa shape index (κ1) is 49.3. The first-order valence-electron chi connectivity index (χ1n) is 21.2. The Bertz CT molecular complexity index is 2180. The van der Waals surface area contributed by atoms with Crippen LogP contribution in [0.3, 0.4) is 0 Å². The fraction of sp³-hybridized carbons (Fsp3) is 0.294. The number of rotatable bonds is 25. The van der Waals surface area contributed by atoms with Crippen molar-refractivity contribution in [2.24, 2.45) is 0 Å². The molecule has 65 heavy (non-hydrogen) atoms. The molecule has 0 aliphatic carbocycles. The van der Waals surface area contributed by atoms with Crippen LogP contribution in [0, 0.1) is 0 Å². The lowest BCUT2D eigenvalue weighted by Gasteiger charge is -2.19. The van der Waals surface area contributed by atoms with E-state index in [-0.39, 0.29) is 54.9 Å². The standard InChI is InChI=1S/C51H52F6N2O6/c52-31-5-1-3-7-36-9-19-41(20-10-36)50(54,55)64-44-24-13-38(14-25-44)17-29-48(60)62-34-40(46-28-23-43(58)33-47(46)59)35-63-49(61)30-18-39-15-26-45(27-16-39)65-51(56,57)42-21-11-37(12-22-42)8-4-2-6-32-53/h9-30,33,40H,1-8,31-32,34-35,58-59H2/b29-17+,30-18+. The minimum atomic E-state index is -3.61. The van der Waals surface area contributed by atoms with Crippen LogP contribution in [-0.2, 0) is 44.1 Å². The van der Waals surface area contributed by atoms with Gasteiger partial charge in [-0.25, -0.2) is 9.59 Å². The number of aryl methyl sites for hydroxylation is 2. The van der Waals surface area contributed by atoms with E-state index in [1.54, 1.807) is 36.4 Å². The van der Waals surface area contributed by atoms with E-state index in [1.807, 2.05) is 0 Å². The molecule has 14 heteroatoms. The summed E-state index contributed by atoms with van der Waals surface area (Å²) in [6.07, 6.45) is 3.22. The largest absolute Gasteiger partial charge is 0.462 e. The number of hydrogen-bond acceptors (Lipinski definition) is 8. The van der Waals surface area contributed by atoms with Crippen LogP contribution >= 0.6 is 0 Å². The minimum absolute atomic E-state index is 0.0951. The maximum atomic E-state index is 14.9. The van der Waals surface area contributed by atoms with E-state index in [2.05, 4.69) is 0 Å². The lowest BCUT2D eigenvalue weighted by Crippen LogP contribution is -2.21. The summed E-state index contributed by atoms with van der Waals surface area (Å²) in [4.78, 5) is 25.5. The third-order valence-corrected chi connectivity index (χ3v) is 10.3. The topological polar surface area (TPSA) is 123 Å². The SMILES string of the molecule is Nc1ccc(C(COC(=O)/C=C/c2ccc(OC(F)(F)c3ccc(CCCCCF)cc3)cc2)COC(=O)/C=C/c2ccc(OC(F)(F)c3ccc(CCCCCF)cc3)cc2)c(N)c1. The van der Waals surface area contributed by atoms with Gasteiger partial charge in [-0.2, -0.15) is 17.6 Å². The molecule has 5 aromatic carbocycles. The molecule has 0 atom stereocenters. The van der Waals surface area contributed by atoms with Crippen LogP contribution in [0.4, 0.5) is 37.7 Å². The molecule has 0 heterocycles. The van der Waals surface area contributed by atoms with Gasteiger partial charge in [0, 0.05) is 23.5 Å². The van der Waals surface area contributed by atoms with E-state index in [0.717, 1.165) is 49.0 Å². The van der Waals surface area contributed by atoms with Gasteiger partial charge in [-0.1, -0.05) is 67.4 Å². The van der Waals surface area contributed by atoms with E-state index in [9.17, 15) is 35.9 Å². The molecule has 344 valence electrons. The molecule has 0 spiro atoms. The molecule has 5 aromatic rings. The van der Waals surface area contributed by atoms with Gasteiger partial charge >= 0.3 is 24.2 Å². The summed E-state index contributed by atoms with van der Waals surface area (Å²) in [6, 6.07) is 27.7.